The highest BCUT2D eigenvalue weighted by atomic mass is 16.5. The zero-order valence-electron chi connectivity index (χ0n) is 11.9. The Morgan fingerprint density at radius 2 is 2.15 bits per heavy atom. The highest BCUT2D eigenvalue weighted by molar-refractivity contribution is 5.69. The lowest BCUT2D eigenvalue weighted by Gasteiger charge is -2.29. The molecule has 0 radical (unpaired) electrons. The zero-order valence-corrected chi connectivity index (χ0v) is 11.9. The molecule has 1 aromatic rings. The van der Waals surface area contributed by atoms with Gasteiger partial charge in [0.1, 0.15) is 5.82 Å². The van der Waals surface area contributed by atoms with Crippen LogP contribution in [0.2, 0.25) is 0 Å². The molecule has 0 aromatic carbocycles. The van der Waals surface area contributed by atoms with Crippen molar-refractivity contribution in [3.05, 3.63) is 12.4 Å². The molecule has 1 aliphatic carbocycles. The Labute approximate surface area is 118 Å². The fraction of sp³-hybridized carbons (Fsp3) is 0.643. The van der Waals surface area contributed by atoms with Gasteiger partial charge in [0.05, 0.1) is 24.9 Å². The first-order valence-electron chi connectivity index (χ1n) is 6.98. The Morgan fingerprint density at radius 3 is 2.75 bits per heavy atom. The highest BCUT2D eigenvalue weighted by Gasteiger charge is 2.36. The van der Waals surface area contributed by atoms with E-state index in [1.54, 1.807) is 12.4 Å². The normalized spacial score (nSPS) is 17.1. The predicted molar refractivity (Wildman–Crippen MR) is 74.9 cm³/mol. The van der Waals surface area contributed by atoms with E-state index in [1.165, 1.54) is 0 Å². The van der Waals surface area contributed by atoms with Gasteiger partial charge in [0.25, 0.3) is 0 Å². The Hall–Kier alpha value is -1.85. The fourth-order valence-electron chi connectivity index (χ4n) is 2.67. The van der Waals surface area contributed by atoms with Crippen LogP contribution in [-0.2, 0) is 4.79 Å². The van der Waals surface area contributed by atoms with Crippen molar-refractivity contribution in [3.63, 3.8) is 0 Å². The molecule has 1 heterocycles. The third-order valence-electron chi connectivity index (χ3n) is 3.41. The molecular weight excluding hydrogens is 258 g/mol. The molecule has 0 saturated heterocycles. The van der Waals surface area contributed by atoms with E-state index >= 15 is 0 Å². The number of ether oxygens (including phenoxy) is 1. The monoisotopic (exact) mass is 279 g/mol. The molecule has 0 unspecified atom stereocenters. The number of rotatable bonds is 6. The number of nitrogens with one attached hydrogen (secondary N) is 1. The molecule has 110 valence electrons. The van der Waals surface area contributed by atoms with Crippen molar-refractivity contribution >= 4 is 11.8 Å². The minimum atomic E-state index is -0.790. The minimum Gasteiger partial charge on any atom is -0.481 e. The van der Waals surface area contributed by atoms with Crippen LogP contribution in [0.25, 0.3) is 0 Å². The maximum absolute atomic E-state index is 11.1. The van der Waals surface area contributed by atoms with E-state index in [4.69, 9.17) is 9.84 Å². The first-order valence-corrected chi connectivity index (χ1v) is 6.98. The maximum atomic E-state index is 11.1. The Bertz CT molecular complexity index is 470. The van der Waals surface area contributed by atoms with Crippen LogP contribution in [0, 0.1) is 0 Å². The zero-order chi connectivity index (χ0) is 14.6. The van der Waals surface area contributed by atoms with E-state index in [-0.39, 0.29) is 12.5 Å². The summed E-state index contributed by atoms with van der Waals surface area (Å²) in [5.74, 6) is 0.238. The van der Waals surface area contributed by atoms with Crippen LogP contribution in [0.3, 0.4) is 0 Å². The van der Waals surface area contributed by atoms with Gasteiger partial charge in [0.15, 0.2) is 0 Å². The van der Waals surface area contributed by atoms with Gasteiger partial charge in [-0.2, -0.15) is 4.98 Å². The summed E-state index contributed by atoms with van der Waals surface area (Å²) in [5.41, 5.74) is -0.406. The molecule has 20 heavy (non-hydrogen) atoms. The van der Waals surface area contributed by atoms with Gasteiger partial charge >= 0.3 is 5.97 Å². The van der Waals surface area contributed by atoms with E-state index in [0.717, 1.165) is 25.7 Å². The number of hydrogen-bond donors (Lipinski definition) is 2. The van der Waals surface area contributed by atoms with Gasteiger partial charge in [-0.3, -0.25) is 9.78 Å². The molecule has 6 heteroatoms. The molecule has 1 saturated carbocycles. The molecule has 0 spiro atoms. The lowest BCUT2D eigenvalue weighted by molar-refractivity contribution is -0.138. The van der Waals surface area contributed by atoms with Crippen LogP contribution in [-0.4, -0.2) is 32.7 Å². The van der Waals surface area contributed by atoms with Crippen molar-refractivity contribution in [3.8, 4) is 5.88 Å². The van der Waals surface area contributed by atoms with Gasteiger partial charge < -0.3 is 15.2 Å². The Morgan fingerprint density at radius 1 is 1.45 bits per heavy atom. The van der Waals surface area contributed by atoms with Gasteiger partial charge in [-0.25, -0.2) is 0 Å². The summed E-state index contributed by atoms with van der Waals surface area (Å²) in [6, 6.07) is 0. The second kappa shape index (κ2) is 6.07. The van der Waals surface area contributed by atoms with Crippen molar-refractivity contribution < 1.29 is 14.6 Å². The third kappa shape index (κ3) is 3.82. The summed E-state index contributed by atoms with van der Waals surface area (Å²) in [6.07, 6.45) is 7.06. The van der Waals surface area contributed by atoms with Gasteiger partial charge in [0.2, 0.25) is 5.88 Å². The molecule has 2 rings (SSSR count). The van der Waals surface area contributed by atoms with Crippen LogP contribution in [0.5, 0.6) is 5.88 Å². The molecule has 0 atom stereocenters. The highest BCUT2D eigenvalue weighted by Crippen LogP contribution is 2.35. The molecule has 2 N–H and O–H groups in total. The van der Waals surface area contributed by atoms with E-state index in [1.807, 2.05) is 13.8 Å². The van der Waals surface area contributed by atoms with Crippen molar-refractivity contribution in [2.75, 3.05) is 5.32 Å². The van der Waals surface area contributed by atoms with Crippen molar-refractivity contribution in [1.82, 2.24) is 9.97 Å². The second-order valence-corrected chi connectivity index (χ2v) is 5.59. The Kier molecular flexibility index (Phi) is 4.42. The first kappa shape index (κ1) is 14.6. The van der Waals surface area contributed by atoms with Gasteiger partial charge in [-0.1, -0.05) is 12.8 Å². The van der Waals surface area contributed by atoms with Crippen LogP contribution in [0.4, 0.5) is 5.82 Å². The summed E-state index contributed by atoms with van der Waals surface area (Å²) in [4.78, 5) is 19.5. The summed E-state index contributed by atoms with van der Waals surface area (Å²) in [5, 5.41) is 12.4. The van der Waals surface area contributed by atoms with E-state index < -0.39 is 11.5 Å². The average Bonchev–Trinajstić information content (AvgIpc) is 2.75. The summed E-state index contributed by atoms with van der Waals surface area (Å²) < 4.78 is 5.50. The molecule has 1 aromatic heterocycles. The molecule has 0 bridgehead atoms. The van der Waals surface area contributed by atoms with Crippen LogP contribution in [0.15, 0.2) is 12.4 Å². The van der Waals surface area contributed by atoms with Gasteiger partial charge in [0, 0.05) is 5.54 Å². The molecule has 0 aliphatic heterocycles. The summed E-state index contributed by atoms with van der Waals surface area (Å²) in [7, 11) is 0. The SMILES string of the molecule is CC(C)Oc1cncc(NC2(CC(=O)O)CCCC2)n1. The second-order valence-electron chi connectivity index (χ2n) is 5.59. The quantitative estimate of drug-likeness (QED) is 0.832. The molecular formula is C14H21N3O3. The first-order chi connectivity index (χ1) is 9.49. The van der Waals surface area contributed by atoms with Crippen molar-refractivity contribution in [2.24, 2.45) is 0 Å². The lowest BCUT2D eigenvalue weighted by atomic mass is 9.93. The van der Waals surface area contributed by atoms with Crippen LogP contribution < -0.4 is 10.1 Å². The topological polar surface area (TPSA) is 84.3 Å². The van der Waals surface area contributed by atoms with Crippen LogP contribution >= 0.6 is 0 Å². The van der Waals surface area contributed by atoms with E-state index in [0.29, 0.717) is 11.7 Å². The molecule has 1 aliphatic rings. The third-order valence-corrected chi connectivity index (χ3v) is 3.41. The number of anilines is 1. The fourth-order valence-corrected chi connectivity index (χ4v) is 2.67. The predicted octanol–water partition coefficient (Wildman–Crippen LogP) is 2.46. The molecule has 0 amide bonds. The largest absolute Gasteiger partial charge is 0.481 e. The number of nitrogens with zero attached hydrogens (tertiary/aromatic N) is 2. The summed E-state index contributed by atoms with van der Waals surface area (Å²) in [6.45, 7) is 3.84. The van der Waals surface area contributed by atoms with Crippen LogP contribution in [0.1, 0.15) is 46.0 Å². The average molecular weight is 279 g/mol. The van der Waals surface area contributed by atoms with E-state index in [2.05, 4.69) is 15.3 Å². The number of carbonyl (C=O) groups is 1. The Balaban J connectivity index is 2.12. The van der Waals surface area contributed by atoms with Crippen molar-refractivity contribution in [2.45, 2.75) is 57.6 Å². The van der Waals surface area contributed by atoms with Crippen molar-refractivity contribution in [1.29, 1.82) is 0 Å². The number of carboxylic acid groups (broad SMARTS) is 1. The molecule has 6 nitrogen and oxygen atoms in total. The number of aromatic nitrogens is 2. The molecule has 1 fully saturated rings. The number of carboxylic acids is 1. The van der Waals surface area contributed by atoms with Gasteiger partial charge in [-0.15, -0.1) is 0 Å². The van der Waals surface area contributed by atoms with Gasteiger partial charge in [-0.05, 0) is 26.7 Å². The lowest BCUT2D eigenvalue weighted by Crippen LogP contribution is -2.37. The number of aliphatic carboxylic acids is 1. The number of hydrogen-bond acceptors (Lipinski definition) is 5. The standard InChI is InChI=1S/C14H21N3O3/c1-10(2)20-12-9-15-8-11(16-12)17-14(7-13(18)19)5-3-4-6-14/h8-10H,3-7H2,1-2H3,(H,16,17)(H,18,19). The minimum absolute atomic E-state index is 0.0269. The smallest absolute Gasteiger partial charge is 0.305 e. The summed E-state index contributed by atoms with van der Waals surface area (Å²) >= 11 is 0. The van der Waals surface area contributed by atoms with E-state index in [9.17, 15) is 4.79 Å². The maximum Gasteiger partial charge on any atom is 0.305 e.